The van der Waals surface area contributed by atoms with Crippen molar-refractivity contribution in [3.63, 3.8) is 0 Å². The monoisotopic (exact) mass is 221 g/mol. The molecule has 0 N–H and O–H groups in total. The molecule has 0 saturated carbocycles. The number of esters is 1. The van der Waals surface area contributed by atoms with Gasteiger partial charge in [-0.2, -0.15) is 7.11 Å². The summed E-state index contributed by atoms with van der Waals surface area (Å²) in [5, 5.41) is 0. The molecule has 0 aliphatic rings. The van der Waals surface area contributed by atoms with E-state index in [-0.39, 0.29) is 5.97 Å². The molecule has 0 heterocycles. The average Bonchev–Trinajstić information content (AvgIpc) is 2.08. The van der Waals surface area contributed by atoms with E-state index >= 15 is 0 Å². The number of hydrogen-bond acceptors (Lipinski definition) is 2. The molecule has 0 spiro atoms. The second-order valence-corrected chi connectivity index (χ2v) is 1.28. The number of carbonyl (C=O) groups is 1. The first kappa shape index (κ1) is 17.2. The number of allylic oxidation sites excluding steroid dienone is 1. The van der Waals surface area contributed by atoms with Crippen LogP contribution in [0.25, 0.3) is 0 Å². The van der Waals surface area contributed by atoms with Gasteiger partial charge in [0, 0.05) is 6.92 Å². The van der Waals surface area contributed by atoms with Gasteiger partial charge in [-0.3, -0.25) is 10.9 Å². The maximum absolute atomic E-state index is 9.53. The topological polar surface area (TPSA) is 26.3 Å². The molecule has 0 bridgehead atoms. The Morgan fingerprint density at radius 3 is 2.00 bits per heavy atom. The van der Waals surface area contributed by atoms with Crippen molar-refractivity contribution < 1.29 is 24.1 Å². The van der Waals surface area contributed by atoms with Gasteiger partial charge in [-0.05, 0) is 0 Å². The summed E-state index contributed by atoms with van der Waals surface area (Å²) in [6.07, 6.45) is 2.60. The first-order valence-electron chi connectivity index (χ1n) is 2.77. The van der Waals surface area contributed by atoms with Crippen molar-refractivity contribution in [2.24, 2.45) is 0 Å². The van der Waals surface area contributed by atoms with Gasteiger partial charge in [-0.15, -0.1) is 0 Å². The van der Waals surface area contributed by atoms with Crippen molar-refractivity contribution in [1.82, 2.24) is 0 Å². The van der Waals surface area contributed by atoms with E-state index in [2.05, 4.69) is 36.6 Å². The van der Waals surface area contributed by atoms with Crippen LogP contribution in [0, 0.1) is 13.7 Å². The molecule has 0 aromatic heterocycles. The summed E-state index contributed by atoms with van der Waals surface area (Å²) < 4.78 is 3.86. The first-order chi connectivity index (χ1) is 5.18. The molecular weight excluding hydrogens is 210 g/mol. The molecule has 11 heavy (non-hydrogen) atoms. The minimum absolute atomic E-state index is 0.356. The van der Waals surface area contributed by atoms with Gasteiger partial charge in [0.05, 0.1) is 0 Å². The van der Waals surface area contributed by atoms with E-state index in [1.54, 1.807) is 6.08 Å². The summed E-state index contributed by atoms with van der Waals surface area (Å²) in [4.78, 5) is 9.53. The van der Waals surface area contributed by atoms with Crippen molar-refractivity contribution in [2.75, 3.05) is 0 Å². The van der Waals surface area contributed by atoms with Crippen LogP contribution >= 0.6 is 10.2 Å². The van der Waals surface area contributed by atoms with Crippen molar-refractivity contribution in [3.8, 4) is 0 Å². The number of hydrogen-bond donors (Lipinski definition) is 0. The van der Waals surface area contributed by atoms with Crippen LogP contribution in [0.4, 0.5) is 0 Å². The molecule has 0 atom stereocenters. The Labute approximate surface area is 80.6 Å². The summed E-state index contributed by atoms with van der Waals surface area (Å²) in [6, 6.07) is 0. The molecule has 0 amide bonds. The van der Waals surface area contributed by atoms with Crippen LogP contribution in [0.5, 0.6) is 0 Å². The second-order valence-electron chi connectivity index (χ2n) is 1.28. The first-order valence-corrected chi connectivity index (χ1v) is 4.12. The van der Waals surface area contributed by atoms with Gasteiger partial charge in [0.2, 0.25) is 0 Å². The molecule has 0 aromatic carbocycles. The van der Waals surface area contributed by atoms with E-state index in [0.29, 0.717) is 0 Å². The molecule has 0 aliphatic heterocycles. The van der Waals surface area contributed by atoms with E-state index in [1.165, 1.54) is 6.92 Å². The van der Waals surface area contributed by atoms with Gasteiger partial charge < -0.3 is 11.3 Å². The molecule has 0 saturated heterocycles. The Balaban J connectivity index is -0.0000000965. The Bertz CT molecular complexity index is 86.5. The van der Waals surface area contributed by atoms with Crippen LogP contribution in [0.3, 0.4) is 0 Å². The summed E-state index contributed by atoms with van der Waals surface area (Å²) in [7, 11) is 7.10. The maximum atomic E-state index is 9.53. The van der Waals surface area contributed by atoms with Crippen molar-refractivity contribution in [2.45, 2.75) is 20.3 Å². The van der Waals surface area contributed by atoms with Crippen LogP contribution in [0.1, 0.15) is 20.3 Å². The zero-order valence-corrected chi connectivity index (χ0v) is 8.32. The molecular formula is C7H12ClNiO2-2. The Morgan fingerprint density at radius 1 is 1.82 bits per heavy atom. The second kappa shape index (κ2) is 22.5. The third kappa shape index (κ3) is 71.3. The van der Waals surface area contributed by atoms with Crippen LogP contribution in [0.15, 0.2) is 6.08 Å². The molecule has 0 aliphatic carbocycles. The molecule has 0 rings (SSSR count). The van der Waals surface area contributed by atoms with Gasteiger partial charge in [0.15, 0.2) is 0 Å². The fraction of sp³-hybridized carbons (Fsp3) is 0.429. The molecule has 0 aromatic rings. The predicted molar refractivity (Wildman–Crippen MR) is 42.1 cm³/mol. The number of carbonyl (C=O) groups excluding carboxylic acids is 1. The van der Waals surface area contributed by atoms with Crippen molar-refractivity contribution in [1.29, 1.82) is 0 Å². The van der Waals surface area contributed by atoms with E-state index in [1.807, 2.05) is 6.92 Å². The summed E-state index contributed by atoms with van der Waals surface area (Å²) in [5.74, 6) is -0.356. The van der Waals surface area contributed by atoms with Crippen LogP contribution < -0.4 is 0 Å². The zero-order chi connectivity index (χ0) is 9.70. The van der Waals surface area contributed by atoms with E-state index in [0.717, 1.165) is 6.42 Å². The van der Waals surface area contributed by atoms with Gasteiger partial charge in [-0.25, -0.2) is 0 Å². The van der Waals surface area contributed by atoms with Crippen LogP contribution in [-0.4, -0.2) is 5.97 Å². The Morgan fingerprint density at radius 2 is 2.00 bits per heavy atom. The summed E-state index contributed by atoms with van der Waals surface area (Å²) >= 11 is 3.35. The summed E-state index contributed by atoms with van der Waals surface area (Å²) in [6.45, 7) is 8.20. The van der Waals surface area contributed by atoms with E-state index in [4.69, 9.17) is 6.58 Å². The SMILES string of the molecule is [CH-]=CCC.[CH2-]OC(C)=O.[Cl][Ni]. The molecule has 4 heteroatoms. The Hall–Kier alpha value is -0.00649. The van der Waals surface area contributed by atoms with Crippen molar-refractivity contribution >= 4 is 16.2 Å². The predicted octanol–water partition coefficient (Wildman–Crippen LogP) is 2.41. The number of ether oxygens (including phenoxy) is 1. The zero-order valence-electron chi connectivity index (χ0n) is 6.58. The van der Waals surface area contributed by atoms with Crippen molar-refractivity contribution in [3.05, 3.63) is 19.8 Å². The number of rotatable bonds is 1. The number of halogens is 1. The van der Waals surface area contributed by atoms with Gasteiger partial charge in [0.1, 0.15) is 0 Å². The molecule has 2 nitrogen and oxygen atoms in total. The normalized spacial score (nSPS) is 6.00. The van der Waals surface area contributed by atoms with Gasteiger partial charge >= 0.3 is 24.8 Å². The van der Waals surface area contributed by atoms with Gasteiger partial charge in [-0.1, -0.05) is 13.3 Å². The van der Waals surface area contributed by atoms with E-state index < -0.39 is 0 Å². The fourth-order valence-corrected chi connectivity index (χ4v) is 0. The molecule has 71 valence electrons. The van der Waals surface area contributed by atoms with Gasteiger partial charge in [0.25, 0.3) is 5.97 Å². The third-order valence-electron chi connectivity index (χ3n) is 0.439. The Kier molecular flexibility index (Phi) is 35.1. The molecule has 0 unspecified atom stereocenters. The standard InChI is InChI=1S/C4H7.C3H5O2.ClH.Ni/c1-3-4-2;1-3(4)5-2;;/h1,3H,4H2,2H3;2H2,1H3;1H;/q2*-1;;+1/p-1. The molecule has 0 radical (unpaired) electrons. The van der Waals surface area contributed by atoms with E-state index in [9.17, 15) is 4.79 Å². The quantitative estimate of drug-likeness (QED) is 0.387. The third-order valence-corrected chi connectivity index (χ3v) is 0.439. The summed E-state index contributed by atoms with van der Waals surface area (Å²) in [5.41, 5.74) is 0. The van der Waals surface area contributed by atoms with Crippen LogP contribution in [-0.2, 0) is 24.1 Å². The minimum atomic E-state index is -0.356. The molecule has 0 fully saturated rings. The van der Waals surface area contributed by atoms with Crippen LogP contribution in [0.2, 0.25) is 0 Å². The fourth-order valence-electron chi connectivity index (χ4n) is 0. The average molecular weight is 222 g/mol.